The summed E-state index contributed by atoms with van der Waals surface area (Å²) in [5.41, 5.74) is 3.02. The fourth-order valence-corrected chi connectivity index (χ4v) is 2.63. The number of nitrogens with zero attached hydrogens (tertiary/aromatic N) is 2. The molecule has 0 aliphatic carbocycles. The van der Waals surface area contributed by atoms with Crippen LogP contribution in [-0.2, 0) is 4.74 Å². The maximum atomic E-state index is 11.9. The van der Waals surface area contributed by atoms with Crippen LogP contribution < -0.4 is 0 Å². The van der Waals surface area contributed by atoms with Gasteiger partial charge in [0.05, 0.1) is 23.4 Å². The largest absolute Gasteiger partial charge is 0.462 e. The predicted octanol–water partition coefficient (Wildman–Crippen LogP) is 4.24. The van der Waals surface area contributed by atoms with Crippen LogP contribution in [0.3, 0.4) is 0 Å². The molecule has 1 heterocycles. The highest BCUT2D eigenvalue weighted by atomic mass is 79.9. The lowest BCUT2D eigenvalue weighted by Gasteiger charge is -2.07. The number of esters is 1. The molecule has 0 fully saturated rings. The first kappa shape index (κ1) is 14.7. The Labute approximate surface area is 136 Å². The van der Waals surface area contributed by atoms with Gasteiger partial charge in [0.2, 0.25) is 0 Å². The Kier molecular flexibility index (Phi) is 4.15. The van der Waals surface area contributed by atoms with Crippen LogP contribution in [0.4, 0.5) is 0 Å². The van der Waals surface area contributed by atoms with Crippen molar-refractivity contribution in [3.8, 4) is 11.3 Å². The highest BCUT2D eigenvalue weighted by Gasteiger charge is 2.11. The maximum absolute atomic E-state index is 11.9. The molecular formula is C17H13BrN2O2. The molecule has 1 aromatic heterocycles. The van der Waals surface area contributed by atoms with Crippen LogP contribution in [0.15, 0.2) is 53.3 Å². The lowest BCUT2D eigenvalue weighted by Crippen LogP contribution is -2.04. The van der Waals surface area contributed by atoms with Crippen LogP contribution in [0.5, 0.6) is 0 Å². The molecule has 22 heavy (non-hydrogen) atoms. The molecule has 5 heteroatoms. The number of hydrogen-bond donors (Lipinski definition) is 0. The van der Waals surface area contributed by atoms with Crippen LogP contribution in [0, 0.1) is 0 Å². The van der Waals surface area contributed by atoms with Crippen molar-refractivity contribution in [3.05, 3.63) is 58.8 Å². The molecule has 4 nitrogen and oxygen atoms in total. The van der Waals surface area contributed by atoms with E-state index < -0.39 is 0 Å². The van der Waals surface area contributed by atoms with Crippen molar-refractivity contribution >= 4 is 32.8 Å². The average molecular weight is 357 g/mol. The second-order valence-electron chi connectivity index (χ2n) is 4.69. The van der Waals surface area contributed by atoms with Gasteiger partial charge in [0.15, 0.2) is 0 Å². The fourth-order valence-electron chi connectivity index (χ4n) is 2.27. The third kappa shape index (κ3) is 2.85. The predicted molar refractivity (Wildman–Crippen MR) is 88.6 cm³/mol. The molecule has 0 aliphatic rings. The first-order chi connectivity index (χ1) is 10.7. The van der Waals surface area contributed by atoms with E-state index in [0.29, 0.717) is 12.2 Å². The first-order valence-electron chi connectivity index (χ1n) is 6.87. The number of ether oxygens (including phenoxy) is 1. The lowest BCUT2D eigenvalue weighted by atomic mass is 10.0. The summed E-state index contributed by atoms with van der Waals surface area (Å²) in [4.78, 5) is 20.5. The second kappa shape index (κ2) is 6.23. The molecule has 0 saturated heterocycles. The van der Waals surface area contributed by atoms with E-state index >= 15 is 0 Å². The molecule has 0 atom stereocenters. The van der Waals surface area contributed by atoms with E-state index in [1.807, 2.05) is 30.3 Å². The Morgan fingerprint density at radius 1 is 1.18 bits per heavy atom. The van der Waals surface area contributed by atoms with Gasteiger partial charge >= 0.3 is 5.97 Å². The number of rotatable bonds is 3. The van der Waals surface area contributed by atoms with Crippen LogP contribution >= 0.6 is 15.9 Å². The molecule has 0 radical (unpaired) electrons. The number of carbonyl (C=O) groups is 1. The van der Waals surface area contributed by atoms with Crippen molar-refractivity contribution in [2.24, 2.45) is 0 Å². The van der Waals surface area contributed by atoms with Gasteiger partial charge in [0.1, 0.15) is 6.33 Å². The van der Waals surface area contributed by atoms with Gasteiger partial charge in [0, 0.05) is 15.4 Å². The molecule has 0 saturated carbocycles. The summed E-state index contributed by atoms with van der Waals surface area (Å²) in [6.07, 6.45) is 1.53. The van der Waals surface area contributed by atoms with E-state index in [1.165, 1.54) is 6.33 Å². The van der Waals surface area contributed by atoms with Crippen LogP contribution in [0.1, 0.15) is 17.3 Å². The number of halogens is 1. The molecule has 2 aromatic carbocycles. The zero-order valence-electron chi connectivity index (χ0n) is 11.9. The maximum Gasteiger partial charge on any atom is 0.338 e. The zero-order chi connectivity index (χ0) is 15.5. The highest BCUT2D eigenvalue weighted by molar-refractivity contribution is 9.10. The molecule has 0 bridgehead atoms. The van der Waals surface area contributed by atoms with Crippen molar-refractivity contribution in [1.29, 1.82) is 0 Å². The summed E-state index contributed by atoms with van der Waals surface area (Å²) >= 11 is 3.47. The first-order valence-corrected chi connectivity index (χ1v) is 7.66. The van der Waals surface area contributed by atoms with Gasteiger partial charge < -0.3 is 4.74 Å². The standard InChI is InChI=1S/C17H13BrN2O2/c1-2-22-17(21)12-5-3-4-11(8-12)16-14-9-13(18)6-7-15(14)19-10-20-16/h3-10H,2H2,1H3. The molecule has 0 aliphatic heterocycles. The van der Waals surface area contributed by atoms with Crippen LogP contribution in [0.2, 0.25) is 0 Å². The zero-order valence-corrected chi connectivity index (χ0v) is 13.5. The van der Waals surface area contributed by atoms with Crippen molar-refractivity contribution in [1.82, 2.24) is 9.97 Å². The highest BCUT2D eigenvalue weighted by Crippen LogP contribution is 2.28. The van der Waals surface area contributed by atoms with E-state index in [1.54, 1.807) is 19.1 Å². The van der Waals surface area contributed by atoms with E-state index in [2.05, 4.69) is 25.9 Å². The number of benzene rings is 2. The molecule has 110 valence electrons. The summed E-state index contributed by atoms with van der Waals surface area (Å²) in [5, 5.41) is 0.929. The minimum Gasteiger partial charge on any atom is -0.462 e. The molecular weight excluding hydrogens is 344 g/mol. The number of aromatic nitrogens is 2. The quantitative estimate of drug-likeness (QED) is 0.658. The van der Waals surface area contributed by atoms with Gasteiger partial charge in [-0.15, -0.1) is 0 Å². The van der Waals surface area contributed by atoms with Crippen LogP contribution in [0.25, 0.3) is 22.2 Å². The number of hydrogen-bond acceptors (Lipinski definition) is 4. The Morgan fingerprint density at radius 3 is 2.86 bits per heavy atom. The Hall–Kier alpha value is -2.27. The van der Waals surface area contributed by atoms with Gasteiger partial charge in [-0.1, -0.05) is 28.1 Å². The molecule has 0 spiro atoms. The number of carbonyl (C=O) groups excluding carboxylic acids is 1. The smallest absolute Gasteiger partial charge is 0.338 e. The van der Waals surface area contributed by atoms with Crippen molar-refractivity contribution < 1.29 is 9.53 Å². The molecule has 0 N–H and O–H groups in total. The topological polar surface area (TPSA) is 52.1 Å². The van der Waals surface area contributed by atoms with E-state index in [0.717, 1.165) is 26.6 Å². The van der Waals surface area contributed by atoms with Gasteiger partial charge in [-0.05, 0) is 37.3 Å². The number of fused-ring (bicyclic) bond motifs is 1. The Morgan fingerprint density at radius 2 is 2.05 bits per heavy atom. The van der Waals surface area contributed by atoms with Gasteiger partial charge in [-0.2, -0.15) is 0 Å². The Balaban J connectivity index is 2.13. The van der Waals surface area contributed by atoms with Crippen molar-refractivity contribution in [2.45, 2.75) is 6.92 Å². The van der Waals surface area contributed by atoms with Crippen molar-refractivity contribution in [3.63, 3.8) is 0 Å². The summed E-state index contributed by atoms with van der Waals surface area (Å²) in [6.45, 7) is 2.14. The summed E-state index contributed by atoms with van der Waals surface area (Å²) in [5.74, 6) is -0.330. The molecule has 0 unspecified atom stereocenters. The van der Waals surface area contributed by atoms with Gasteiger partial charge in [-0.3, -0.25) is 0 Å². The fraction of sp³-hybridized carbons (Fsp3) is 0.118. The normalized spacial score (nSPS) is 10.6. The monoisotopic (exact) mass is 356 g/mol. The van der Waals surface area contributed by atoms with Gasteiger partial charge in [-0.25, -0.2) is 14.8 Å². The Bertz CT molecular complexity index is 849. The molecule has 0 amide bonds. The van der Waals surface area contributed by atoms with Crippen LogP contribution in [-0.4, -0.2) is 22.5 Å². The third-order valence-electron chi connectivity index (χ3n) is 3.24. The summed E-state index contributed by atoms with van der Waals surface area (Å²) in [7, 11) is 0. The van der Waals surface area contributed by atoms with E-state index in [9.17, 15) is 4.79 Å². The summed E-state index contributed by atoms with van der Waals surface area (Å²) in [6, 6.07) is 13.1. The third-order valence-corrected chi connectivity index (χ3v) is 3.74. The van der Waals surface area contributed by atoms with Gasteiger partial charge in [0.25, 0.3) is 0 Å². The second-order valence-corrected chi connectivity index (χ2v) is 5.60. The van der Waals surface area contributed by atoms with E-state index in [4.69, 9.17) is 4.74 Å². The minimum absolute atomic E-state index is 0.330. The lowest BCUT2D eigenvalue weighted by molar-refractivity contribution is 0.0526. The minimum atomic E-state index is -0.330. The molecule has 3 aromatic rings. The molecule has 3 rings (SSSR count). The summed E-state index contributed by atoms with van der Waals surface area (Å²) < 4.78 is 6.00. The van der Waals surface area contributed by atoms with E-state index in [-0.39, 0.29) is 5.97 Å². The van der Waals surface area contributed by atoms with Crippen molar-refractivity contribution in [2.75, 3.05) is 6.61 Å². The average Bonchev–Trinajstić information content (AvgIpc) is 2.54. The SMILES string of the molecule is CCOC(=O)c1cccc(-c2ncnc3ccc(Br)cc23)c1.